The molecule has 1 unspecified atom stereocenters. The Balaban J connectivity index is 1.72. The van der Waals surface area contributed by atoms with Crippen LogP contribution in [0.1, 0.15) is 35.4 Å². The van der Waals surface area contributed by atoms with E-state index in [0.29, 0.717) is 31.1 Å². The summed E-state index contributed by atoms with van der Waals surface area (Å²) in [6, 6.07) is 3.50. The van der Waals surface area contributed by atoms with Gasteiger partial charge in [-0.15, -0.1) is 0 Å². The molecule has 1 aliphatic rings. The van der Waals surface area contributed by atoms with Crippen molar-refractivity contribution in [2.24, 2.45) is 0 Å². The fourth-order valence-electron chi connectivity index (χ4n) is 2.71. The lowest BCUT2D eigenvalue weighted by atomic mass is 10.2. The molecule has 0 saturated carbocycles. The molecule has 2 N–H and O–H groups in total. The molecule has 2 aromatic heterocycles. The number of nitrogens with zero attached hydrogens (tertiary/aromatic N) is 4. The summed E-state index contributed by atoms with van der Waals surface area (Å²) in [4.78, 5) is 14.2. The Morgan fingerprint density at radius 3 is 2.96 bits per heavy atom. The Bertz CT molecular complexity index is 693. The standard InChI is InChI=1S/C15H20N4O4/c1-10-5-12(23-17-10)7-15(22)18-3-2-4-19-11(8-18)6-13(16-19)14(21)9-20/h5-6,14,20-21H,2-4,7-9H2,1H3. The van der Waals surface area contributed by atoms with Crippen LogP contribution in [0, 0.1) is 6.92 Å². The van der Waals surface area contributed by atoms with Crippen molar-refractivity contribution in [1.29, 1.82) is 0 Å². The summed E-state index contributed by atoms with van der Waals surface area (Å²) in [5.41, 5.74) is 2.04. The highest BCUT2D eigenvalue weighted by Crippen LogP contribution is 2.18. The van der Waals surface area contributed by atoms with Gasteiger partial charge in [0.05, 0.1) is 36.7 Å². The van der Waals surface area contributed by atoms with E-state index in [1.54, 1.807) is 21.7 Å². The van der Waals surface area contributed by atoms with E-state index < -0.39 is 6.10 Å². The topological polar surface area (TPSA) is 105 Å². The highest BCUT2D eigenvalue weighted by Gasteiger charge is 2.23. The van der Waals surface area contributed by atoms with Crippen LogP contribution >= 0.6 is 0 Å². The Hall–Kier alpha value is -2.19. The summed E-state index contributed by atoms with van der Waals surface area (Å²) in [6.07, 6.45) is -0.0261. The number of fused-ring (bicyclic) bond motifs is 1. The molecule has 3 heterocycles. The van der Waals surface area contributed by atoms with Gasteiger partial charge in [-0.3, -0.25) is 9.48 Å². The SMILES string of the molecule is Cc1cc(CC(=O)N2CCCn3nc(C(O)CO)cc3C2)on1. The molecule has 0 aliphatic carbocycles. The van der Waals surface area contributed by atoms with Gasteiger partial charge in [-0.2, -0.15) is 5.10 Å². The van der Waals surface area contributed by atoms with Crippen LogP contribution in [0.4, 0.5) is 0 Å². The fourth-order valence-corrected chi connectivity index (χ4v) is 2.71. The van der Waals surface area contributed by atoms with Crippen molar-refractivity contribution in [3.63, 3.8) is 0 Å². The monoisotopic (exact) mass is 320 g/mol. The molecule has 0 radical (unpaired) electrons. The van der Waals surface area contributed by atoms with E-state index in [4.69, 9.17) is 9.63 Å². The third-order valence-corrected chi connectivity index (χ3v) is 3.90. The molecule has 1 amide bonds. The van der Waals surface area contributed by atoms with Crippen molar-refractivity contribution < 1.29 is 19.5 Å². The number of rotatable bonds is 4. The molecule has 8 heteroatoms. The third kappa shape index (κ3) is 3.43. The van der Waals surface area contributed by atoms with E-state index in [9.17, 15) is 9.90 Å². The Kier molecular flexibility index (Phi) is 4.44. The van der Waals surface area contributed by atoms with Gasteiger partial charge in [-0.25, -0.2) is 0 Å². The average Bonchev–Trinajstić information content (AvgIpc) is 3.07. The van der Waals surface area contributed by atoms with E-state index in [-0.39, 0.29) is 18.9 Å². The molecule has 1 atom stereocenters. The highest BCUT2D eigenvalue weighted by molar-refractivity contribution is 5.78. The smallest absolute Gasteiger partial charge is 0.230 e. The van der Waals surface area contributed by atoms with Crippen LogP contribution < -0.4 is 0 Å². The van der Waals surface area contributed by atoms with Crippen molar-refractivity contribution in [2.75, 3.05) is 13.2 Å². The lowest BCUT2D eigenvalue weighted by Gasteiger charge is -2.19. The largest absolute Gasteiger partial charge is 0.393 e. The van der Waals surface area contributed by atoms with E-state index in [2.05, 4.69) is 10.3 Å². The van der Waals surface area contributed by atoms with E-state index in [1.165, 1.54) is 0 Å². The highest BCUT2D eigenvalue weighted by atomic mass is 16.5. The number of aliphatic hydroxyl groups excluding tert-OH is 2. The lowest BCUT2D eigenvalue weighted by Crippen LogP contribution is -2.31. The van der Waals surface area contributed by atoms with E-state index >= 15 is 0 Å². The van der Waals surface area contributed by atoms with Gasteiger partial charge in [-0.1, -0.05) is 5.16 Å². The number of carbonyl (C=O) groups is 1. The summed E-state index contributed by atoms with van der Waals surface area (Å²) in [5, 5.41) is 26.8. The van der Waals surface area contributed by atoms with Gasteiger partial charge in [0, 0.05) is 19.2 Å². The molecule has 124 valence electrons. The lowest BCUT2D eigenvalue weighted by molar-refractivity contribution is -0.131. The number of hydrogen-bond donors (Lipinski definition) is 2. The second-order valence-corrected chi connectivity index (χ2v) is 5.76. The van der Waals surface area contributed by atoms with Gasteiger partial charge < -0.3 is 19.6 Å². The fraction of sp³-hybridized carbons (Fsp3) is 0.533. The molecule has 0 bridgehead atoms. The predicted octanol–water partition coefficient (Wildman–Crippen LogP) is 0.180. The normalized spacial score (nSPS) is 16.0. The van der Waals surface area contributed by atoms with Crippen LogP contribution in [0.5, 0.6) is 0 Å². The maximum Gasteiger partial charge on any atom is 0.230 e. The van der Waals surface area contributed by atoms with Crippen LogP contribution in [-0.2, 0) is 24.3 Å². The first kappa shape index (κ1) is 15.7. The molecule has 8 nitrogen and oxygen atoms in total. The molecule has 23 heavy (non-hydrogen) atoms. The Labute approximate surface area is 133 Å². The molecule has 3 rings (SSSR count). The van der Waals surface area contributed by atoms with Gasteiger partial charge in [0.1, 0.15) is 11.9 Å². The average molecular weight is 320 g/mol. The second-order valence-electron chi connectivity index (χ2n) is 5.76. The molecule has 1 aliphatic heterocycles. The number of aromatic nitrogens is 3. The molecule has 2 aromatic rings. The van der Waals surface area contributed by atoms with Gasteiger partial charge in [0.15, 0.2) is 0 Å². The quantitative estimate of drug-likeness (QED) is 0.833. The van der Waals surface area contributed by atoms with Gasteiger partial charge in [0.2, 0.25) is 5.91 Å². The van der Waals surface area contributed by atoms with Crippen molar-refractivity contribution in [3.05, 3.63) is 35.0 Å². The van der Waals surface area contributed by atoms with Crippen molar-refractivity contribution in [2.45, 2.75) is 39.0 Å². The molecule has 0 spiro atoms. The number of carbonyl (C=O) groups excluding carboxylic acids is 1. The number of aryl methyl sites for hydroxylation is 2. The van der Waals surface area contributed by atoms with Crippen molar-refractivity contribution in [3.8, 4) is 0 Å². The van der Waals surface area contributed by atoms with Crippen LogP contribution in [0.15, 0.2) is 16.7 Å². The minimum absolute atomic E-state index is 0.0277. The van der Waals surface area contributed by atoms with Crippen LogP contribution in [0.2, 0.25) is 0 Å². The Morgan fingerprint density at radius 2 is 2.26 bits per heavy atom. The van der Waals surface area contributed by atoms with Gasteiger partial charge in [-0.05, 0) is 19.4 Å². The Morgan fingerprint density at radius 1 is 1.43 bits per heavy atom. The van der Waals surface area contributed by atoms with E-state index in [1.807, 2.05) is 6.92 Å². The van der Waals surface area contributed by atoms with Gasteiger partial charge >= 0.3 is 0 Å². The van der Waals surface area contributed by atoms with Crippen molar-refractivity contribution >= 4 is 5.91 Å². The minimum Gasteiger partial charge on any atom is -0.393 e. The molecule has 0 aromatic carbocycles. The zero-order chi connectivity index (χ0) is 16.4. The summed E-state index contributed by atoms with van der Waals surface area (Å²) in [6.45, 7) is 3.20. The molecule has 0 fully saturated rings. The molecular formula is C15H20N4O4. The van der Waals surface area contributed by atoms with E-state index in [0.717, 1.165) is 17.8 Å². The third-order valence-electron chi connectivity index (χ3n) is 3.90. The first-order valence-corrected chi connectivity index (χ1v) is 7.62. The predicted molar refractivity (Wildman–Crippen MR) is 79.3 cm³/mol. The first-order chi connectivity index (χ1) is 11.1. The zero-order valence-corrected chi connectivity index (χ0v) is 13.0. The summed E-state index contributed by atoms with van der Waals surface area (Å²) in [5.74, 6) is 0.529. The van der Waals surface area contributed by atoms with Crippen LogP contribution in [-0.4, -0.2) is 49.1 Å². The van der Waals surface area contributed by atoms with Crippen LogP contribution in [0.25, 0.3) is 0 Å². The summed E-state index contributed by atoms with van der Waals surface area (Å²) >= 11 is 0. The number of aliphatic hydroxyl groups is 2. The second kappa shape index (κ2) is 6.51. The molecule has 0 saturated heterocycles. The molecular weight excluding hydrogens is 300 g/mol. The maximum absolute atomic E-state index is 12.5. The van der Waals surface area contributed by atoms with Crippen molar-refractivity contribution in [1.82, 2.24) is 19.8 Å². The van der Waals surface area contributed by atoms with Crippen LogP contribution in [0.3, 0.4) is 0 Å². The van der Waals surface area contributed by atoms with Gasteiger partial charge in [0.25, 0.3) is 0 Å². The maximum atomic E-state index is 12.5. The first-order valence-electron chi connectivity index (χ1n) is 7.62. The zero-order valence-electron chi connectivity index (χ0n) is 13.0. The number of amides is 1. The summed E-state index contributed by atoms with van der Waals surface area (Å²) in [7, 11) is 0. The minimum atomic E-state index is -0.990. The number of hydrogen-bond acceptors (Lipinski definition) is 6. The summed E-state index contributed by atoms with van der Waals surface area (Å²) < 4.78 is 6.89.